The number of anilines is 1. The van der Waals surface area contributed by atoms with Gasteiger partial charge in [-0.3, -0.25) is 0 Å². The SMILES string of the molecule is COC(=O)[C@H]1Nc2c(F)cccc2C1(C)C. The van der Waals surface area contributed by atoms with Gasteiger partial charge in [-0.25, -0.2) is 9.18 Å². The van der Waals surface area contributed by atoms with Crippen LogP contribution < -0.4 is 5.32 Å². The lowest BCUT2D eigenvalue weighted by atomic mass is 9.80. The fourth-order valence-electron chi connectivity index (χ4n) is 2.16. The molecule has 0 aromatic heterocycles. The van der Waals surface area contributed by atoms with Crippen molar-refractivity contribution in [1.82, 2.24) is 0 Å². The molecule has 1 aliphatic rings. The maximum atomic E-state index is 13.6. The van der Waals surface area contributed by atoms with Gasteiger partial charge in [-0.15, -0.1) is 0 Å². The molecule has 2 rings (SSSR count). The molecule has 0 amide bonds. The Morgan fingerprint density at radius 2 is 2.19 bits per heavy atom. The van der Waals surface area contributed by atoms with E-state index in [1.807, 2.05) is 19.9 Å². The number of hydrogen-bond donors (Lipinski definition) is 1. The molecule has 0 saturated heterocycles. The van der Waals surface area contributed by atoms with Crippen molar-refractivity contribution in [1.29, 1.82) is 0 Å². The molecule has 1 aliphatic heterocycles. The van der Waals surface area contributed by atoms with Crippen molar-refractivity contribution in [2.45, 2.75) is 25.3 Å². The summed E-state index contributed by atoms with van der Waals surface area (Å²) in [5.74, 6) is -0.711. The van der Waals surface area contributed by atoms with E-state index in [1.165, 1.54) is 13.2 Å². The number of carbonyl (C=O) groups excluding carboxylic acids is 1. The van der Waals surface area contributed by atoms with Crippen LogP contribution in [0.5, 0.6) is 0 Å². The Bertz CT molecular complexity index is 443. The van der Waals surface area contributed by atoms with E-state index in [4.69, 9.17) is 4.74 Å². The van der Waals surface area contributed by atoms with Gasteiger partial charge in [0.25, 0.3) is 0 Å². The first-order valence-electron chi connectivity index (χ1n) is 5.12. The van der Waals surface area contributed by atoms with Gasteiger partial charge in [0.15, 0.2) is 0 Å². The zero-order valence-corrected chi connectivity index (χ0v) is 9.50. The zero-order chi connectivity index (χ0) is 11.9. The number of methoxy groups -OCH3 is 1. The molecule has 3 nitrogen and oxygen atoms in total. The van der Waals surface area contributed by atoms with Crippen LogP contribution in [0.25, 0.3) is 0 Å². The number of fused-ring (bicyclic) bond motifs is 1. The lowest BCUT2D eigenvalue weighted by Gasteiger charge is -2.25. The number of esters is 1. The standard InChI is InChI=1S/C12H14FNO2/c1-12(2)7-5-4-6-8(13)9(7)14-10(12)11(15)16-3/h4-6,10,14H,1-3H3/t10-/m1/s1. The van der Waals surface area contributed by atoms with Gasteiger partial charge in [-0.05, 0) is 11.6 Å². The Kier molecular flexibility index (Phi) is 2.37. The van der Waals surface area contributed by atoms with Crippen LogP contribution in [0.1, 0.15) is 19.4 Å². The van der Waals surface area contributed by atoms with Gasteiger partial charge < -0.3 is 10.1 Å². The van der Waals surface area contributed by atoms with Crippen molar-refractivity contribution in [3.63, 3.8) is 0 Å². The fraction of sp³-hybridized carbons (Fsp3) is 0.417. The first-order chi connectivity index (χ1) is 7.48. The van der Waals surface area contributed by atoms with Crippen molar-refractivity contribution < 1.29 is 13.9 Å². The maximum absolute atomic E-state index is 13.6. The number of nitrogens with one attached hydrogen (secondary N) is 1. The van der Waals surface area contributed by atoms with Crippen molar-refractivity contribution in [2.75, 3.05) is 12.4 Å². The number of carbonyl (C=O) groups is 1. The average molecular weight is 223 g/mol. The highest BCUT2D eigenvalue weighted by molar-refractivity contribution is 5.85. The molecular weight excluding hydrogens is 209 g/mol. The van der Waals surface area contributed by atoms with E-state index in [1.54, 1.807) is 6.07 Å². The monoisotopic (exact) mass is 223 g/mol. The Morgan fingerprint density at radius 1 is 1.50 bits per heavy atom. The van der Waals surface area contributed by atoms with Gasteiger partial charge in [0.05, 0.1) is 12.8 Å². The largest absolute Gasteiger partial charge is 0.467 e. The Balaban J connectivity index is 2.49. The first-order valence-corrected chi connectivity index (χ1v) is 5.12. The van der Waals surface area contributed by atoms with Crippen LogP contribution in [0.2, 0.25) is 0 Å². The normalized spacial score (nSPS) is 21.1. The molecule has 0 aliphatic carbocycles. The van der Waals surface area contributed by atoms with Crippen molar-refractivity contribution in [3.05, 3.63) is 29.6 Å². The second-order valence-electron chi connectivity index (χ2n) is 4.48. The minimum Gasteiger partial charge on any atom is -0.467 e. The molecule has 16 heavy (non-hydrogen) atoms. The van der Waals surface area contributed by atoms with Crippen LogP contribution in [0.15, 0.2) is 18.2 Å². The molecule has 1 heterocycles. The smallest absolute Gasteiger partial charge is 0.329 e. The highest BCUT2D eigenvalue weighted by atomic mass is 19.1. The van der Waals surface area contributed by atoms with Crippen molar-refractivity contribution in [2.24, 2.45) is 0 Å². The molecule has 0 saturated carbocycles. The van der Waals surface area contributed by atoms with Crippen molar-refractivity contribution >= 4 is 11.7 Å². The van der Waals surface area contributed by atoms with E-state index in [9.17, 15) is 9.18 Å². The highest BCUT2D eigenvalue weighted by Gasteiger charge is 2.45. The molecule has 1 aromatic carbocycles. The van der Waals surface area contributed by atoms with Crippen molar-refractivity contribution in [3.8, 4) is 0 Å². The summed E-state index contributed by atoms with van der Waals surface area (Å²) in [4.78, 5) is 11.6. The molecule has 0 radical (unpaired) electrons. The summed E-state index contributed by atoms with van der Waals surface area (Å²) in [6, 6.07) is 4.32. The van der Waals surface area contributed by atoms with E-state index < -0.39 is 11.5 Å². The van der Waals surface area contributed by atoms with Crippen LogP contribution in [0.3, 0.4) is 0 Å². The van der Waals surface area contributed by atoms with E-state index in [0.29, 0.717) is 5.69 Å². The topological polar surface area (TPSA) is 38.3 Å². The Morgan fingerprint density at radius 3 is 2.75 bits per heavy atom. The molecule has 1 N–H and O–H groups in total. The van der Waals surface area contributed by atoms with Crippen LogP contribution in [-0.4, -0.2) is 19.1 Å². The number of benzene rings is 1. The molecule has 0 spiro atoms. The van der Waals surface area contributed by atoms with Crippen LogP contribution in [-0.2, 0) is 14.9 Å². The van der Waals surface area contributed by atoms with Gasteiger partial charge in [0.2, 0.25) is 0 Å². The summed E-state index contributed by atoms with van der Waals surface area (Å²) in [6.45, 7) is 3.79. The van der Waals surface area contributed by atoms with Gasteiger partial charge in [-0.2, -0.15) is 0 Å². The van der Waals surface area contributed by atoms with Gasteiger partial charge in [0, 0.05) is 5.41 Å². The molecule has 1 aromatic rings. The van der Waals surface area contributed by atoms with Crippen LogP contribution in [0, 0.1) is 5.82 Å². The summed E-state index contributed by atoms with van der Waals surface area (Å²) in [5.41, 5.74) is 0.746. The third-order valence-corrected chi connectivity index (χ3v) is 3.16. The highest BCUT2D eigenvalue weighted by Crippen LogP contribution is 2.42. The summed E-state index contributed by atoms with van der Waals surface area (Å²) >= 11 is 0. The molecule has 4 heteroatoms. The first kappa shape index (κ1) is 10.9. The van der Waals surface area contributed by atoms with Gasteiger partial charge in [-0.1, -0.05) is 26.0 Å². The van der Waals surface area contributed by atoms with Gasteiger partial charge >= 0.3 is 5.97 Å². The molecular formula is C12H14FNO2. The number of ether oxygens (including phenoxy) is 1. The number of hydrogen-bond acceptors (Lipinski definition) is 3. The second kappa shape index (κ2) is 3.47. The third-order valence-electron chi connectivity index (χ3n) is 3.16. The molecule has 1 atom stereocenters. The number of halogens is 1. The van der Waals surface area contributed by atoms with E-state index in [-0.39, 0.29) is 11.8 Å². The fourth-order valence-corrected chi connectivity index (χ4v) is 2.16. The maximum Gasteiger partial charge on any atom is 0.329 e. The predicted octanol–water partition coefficient (Wildman–Crippen LogP) is 2.07. The molecule has 0 bridgehead atoms. The minimum absolute atomic E-state index is 0.336. The third kappa shape index (κ3) is 1.37. The summed E-state index contributed by atoms with van der Waals surface area (Å²) in [5, 5.41) is 2.89. The second-order valence-corrected chi connectivity index (χ2v) is 4.48. The number of rotatable bonds is 1. The van der Waals surface area contributed by atoms with Gasteiger partial charge in [0.1, 0.15) is 11.9 Å². The summed E-state index contributed by atoms with van der Waals surface area (Å²) in [6.07, 6.45) is 0. The summed E-state index contributed by atoms with van der Waals surface area (Å²) < 4.78 is 18.3. The Labute approximate surface area is 93.6 Å². The quantitative estimate of drug-likeness (QED) is 0.741. The molecule has 0 fully saturated rings. The lowest BCUT2D eigenvalue weighted by molar-refractivity contribution is -0.142. The van der Waals surface area contributed by atoms with Crippen LogP contribution in [0.4, 0.5) is 10.1 Å². The zero-order valence-electron chi connectivity index (χ0n) is 9.50. The molecule has 0 unspecified atom stereocenters. The molecule has 86 valence electrons. The summed E-state index contributed by atoms with van der Waals surface area (Å²) in [7, 11) is 1.33. The Hall–Kier alpha value is -1.58. The predicted molar refractivity (Wildman–Crippen MR) is 58.9 cm³/mol. The lowest BCUT2D eigenvalue weighted by Crippen LogP contribution is -2.41. The van der Waals surface area contributed by atoms with E-state index in [2.05, 4.69) is 5.32 Å². The number of para-hydroxylation sites is 1. The van der Waals surface area contributed by atoms with E-state index in [0.717, 1.165) is 5.56 Å². The minimum atomic E-state index is -0.538. The van der Waals surface area contributed by atoms with E-state index >= 15 is 0 Å². The van der Waals surface area contributed by atoms with Crippen LogP contribution >= 0.6 is 0 Å². The average Bonchev–Trinajstić information content (AvgIpc) is 2.52.